The van der Waals surface area contributed by atoms with Gasteiger partial charge in [-0.2, -0.15) is 0 Å². The minimum Gasteiger partial charge on any atom is -0.341 e. The Morgan fingerprint density at radius 1 is 0.963 bits per heavy atom. The molecule has 3 saturated heterocycles. The van der Waals surface area contributed by atoms with Gasteiger partial charge in [0.25, 0.3) is 0 Å². The zero-order chi connectivity index (χ0) is 18.9. The van der Waals surface area contributed by atoms with E-state index < -0.39 is 9.84 Å². The molecule has 0 radical (unpaired) electrons. The van der Waals surface area contributed by atoms with Gasteiger partial charge in [-0.15, -0.1) is 0 Å². The number of carbonyl (C=O) groups excluding carboxylic acids is 1. The maximum absolute atomic E-state index is 13.3. The van der Waals surface area contributed by atoms with E-state index in [4.69, 9.17) is 0 Å². The first-order valence-electron chi connectivity index (χ1n) is 10.1. The van der Waals surface area contributed by atoms with Crippen LogP contribution in [0.3, 0.4) is 0 Å². The van der Waals surface area contributed by atoms with Gasteiger partial charge in [-0.25, -0.2) is 8.42 Å². The van der Waals surface area contributed by atoms with Crippen LogP contribution in [0.2, 0.25) is 0 Å². The molecule has 2 atom stereocenters. The molecule has 1 aromatic rings. The number of nitrogens with zero attached hydrogens (tertiary/aromatic N) is 3. The van der Waals surface area contributed by atoms with Crippen molar-refractivity contribution in [2.24, 2.45) is 0 Å². The SMILES string of the molecule is O=C([C@H](c1ccccc1)N1CCN([C@H]2CCS(=O)(=O)C2)CC1)N1CCCC1. The van der Waals surface area contributed by atoms with Crippen LogP contribution >= 0.6 is 0 Å². The van der Waals surface area contributed by atoms with Gasteiger partial charge in [-0.3, -0.25) is 14.6 Å². The second kappa shape index (κ2) is 7.89. The molecular formula is C20H29N3O3S. The summed E-state index contributed by atoms with van der Waals surface area (Å²) in [7, 11) is -2.86. The van der Waals surface area contributed by atoms with E-state index in [0.29, 0.717) is 11.5 Å². The lowest BCUT2D eigenvalue weighted by Crippen LogP contribution is -2.54. The Morgan fingerprint density at radius 2 is 1.63 bits per heavy atom. The highest BCUT2D eigenvalue weighted by atomic mass is 32.2. The van der Waals surface area contributed by atoms with Crippen molar-refractivity contribution in [3.05, 3.63) is 35.9 Å². The van der Waals surface area contributed by atoms with Crippen LogP contribution in [0.4, 0.5) is 0 Å². The third kappa shape index (κ3) is 4.20. The second-order valence-electron chi connectivity index (χ2n) is 7.97. The number of carbonyl (C=O) groups is 1. The van der Waals surface area contributed by atoms with Gasteiger partial charge in [0, 0.05) is 45.3 Å². The van der Waals surface area contributed by atoms with E-state index in [1.807, 2.05) is 23.1 Å². The van der Waals surface area contributed by atoms with E-state index in [2.05, 4.69) is 21.9 Å². The van der Waals surface area contributed by atoms with Crippen LogP contribution < -0.4 is 0 Å². The van der Waals surface area contributed by atoms with Crippen LogP contribution in [0.5, 0.6) is 0 Å². The summed E-state index contributed by atoms with van der Waals surface area (Å²) >= 11 is 0. The number of hydrogen-bond acceptors (Lipinski definition) is 5. The summed E-state index contributed by atoms with van der Waals surface area (Å²) < 4.78 is 23.6. The maximum Gasteiger partial charge on any atom is 0.244 e. The molecular weight excluding hydrogens is 362 g/mol. The zero-order valence-corrected chi connectivity index (χ0v) is 16.6. The average molecular weight is 392 g/mol. The maximum atomic E-state index is 13.3. The highest BCUT2D eigenvalue weighted by Gasteiger charge is 2.37. The Labute approximate surface area is 162 Å². The molecule has 27 heavy (non-hydrogen) atoms. The molecule has 0 aliphatic carbocycles. The number of hydrogen-bond donors (Lipinski definition) is 0. The quantitative estimate of drug-likeness (QED) is 0.771. The smallest absolute Gasteiger partial charge is 0.244 e. The molecule has 3 aliphatic heterocycles. The van der Waals surface area contributed by atoms with Gasteiger partial charge in [-0.05, 0) is 24.8 Å². The number of rotatable bonds is 4. The van der Waals surface area contributed by atoms with Crippen molar-refractivity contribution >= 4 is 15.7 Å². The van der Waals surface area contributed by atoms with Crippen LogP contribution in [0.1, 0.15) is 30.9 Å². The predicted octanol–water partition coefficient (Wildman–Crippen LogP) is 1.15. The molecule has 1 aromatic carbocycles. The Balaban J connectivity index is 1.46. The monoisotopic (exact) mass is 391 g/mol. The Bertz CT molecular complexity index is 754. The van der Waals surface area contributed by atoms with E-state index in [1.54, 1.807) is 0 Å². The summed E-state index contributed by atoms with van der Waals surface area (Å²) in [5, 5.41) is 0. The van der Waals surface area contributed by atoms with Crippen LogP contribution in [0, 0.1) is 0 Å². The summed E-state index contributed by atoms with van der Waals surface area (Å²) in [6.07, 6.45) is 2.94. The van der Waals surface area contributed by atoms with Crippen molar-refractivity contribution in [2.45, 2.75) is 31.3 Å². The molecule has 3 heterocycles. The fourth-order valence-electron chi connectivity index (χ4n) is 4.68. The summed E-state index contributed by atoms with van der Waals surface area (Å²) in [5.41, 5.74) is 1.06. The molecule has 6 nitrogen and oxygen atoms in total. The number of piperazine rings is 1. The van der Waals surface area contributed by atoms with Crippen molar-refractivity contribution in [2.75, 3.05) is 50.8 Å². The minimum absolute atomic E-state index is 0.154. The highest BCUT2D eigenvalue weighted by Crippen LogP contribution is 2.28. The largest absolute Gasteiger partial charge is 0.341 e. The van der Waals surface area contributed by atoms with Crippen LogP contribution in [-0.4, -0.2) is 85.8 Å². The lowest BCUT2D eigenvalue weighted by atomic mass is 10.0. The topological polar surface area (TPSA) is 60.9 Å². The lowest BCUT2D eigenvalue weighted by Gasteiger charge is -2.41. The standard InChI is InChI=1S/C20H29N3O3S/c24-20(23-9-4-5-10-23)19(17-6-2-1-3-7-17)22-13-11-21(12-14-22)18-8-15-27(25,26)16-18/h1-3,6-7,18-19H,4-5,8-16H2/t18-,19-/m0/s1. The Hall–Kier alpha value is -1.44. The molecule has 0 bridgehead atoms. The lowest BCUT2D eigenvalue weighted by molar-refractivity contribution is -0.137. The number of sulfone groups is 1. The first-order chi connectivity index (χ1) is 13.0. The van der Waals surface area contributed by atoms with E-state index in [1.165, 1.54) is 0 Å². The van der Waals surface area contributed by atoms with Crippen molar-refractivity contribution in [3.8, 4) is 0 Å². The molecule has 0 N–H and O–H groups in total. The van der Waals surface area contributed by atoms with Crippen LogP contribution in [-0.2, 0) is 14.6 Å². The number of benzene rings is 1. The van der Waals surface area contributed by atoms with E-state index in [0.717, 1.165) is 64.1 Å². The summed E-state index contributed by atoms with van der Waals surface area (Å²) in [4.78, 5) is 19.9. The summed E-state index contributed by atoms with van der Waals surface area (Å²) in [6, 6.07) is 10.0. The highest BCUT2D eigenvalue weighted by molar-refractivity contribution is 7.91. The third-order valence-electron chi connectivity index (χ3n) is 6.21. The van der Waals surface area contributed by atoms with E-state index in [-0.39, 0.29) is 18.0 Å². The molecule has 1 amide bonds. The minimum atomic E-state index is -2.86. The van der Waals surface area contributed by atoms with Gasteiger partial charge in [-0.1, -0.05) is 30.3 Å². The first-order valence-corrected chi connectivity index (χ1v) is 11.9. The molecule has 148 valence electrons. The zero-order valence-electron chi connectivity index (χ0n) is 15.8. The molecule has 4 rings (SSSR count). The second-order valence-corrected chi connectivity index (χ2v) is 10.2. The van der Waals surface area contributed by atoms with Gasteiger partial charge in [0.2, 0.25) is 5.91 Å². The fourth-order valence-corrected chi connectivity index (χ4v) is 6.44. The molecule has 0 unspecified atom stereocenters. The normalized spacial score (nSPS) is 27.7. The van der Waals surface area contributed by atoms with Gasteiger partial charge in [0.1, 0.15) is 6.04 Å². The summed E-state index contributed by atoms with van der Waals surface area (Å²) in [6.45, 7) is 4.99. The van der Waals surface area contributed by atoms with Gasteiger partial charge in [0.05, 0.1) is 11.5 Å². The van der Waals surface area contributed by atoms with Crippen molar-refractivity contribution in [1.29, 1.82) is 0 Å². The molecule has 0 spiro atoms. The van der Waals surface area contributed by atoms with Crippen molar-refractivity contribution < 1.29 is 13.2 Å². The number of likely N-dealkylation sites (tertiary alicyclic amines) is 1. The Morgan fingerprint density at radius 3 is 2.22 bits per heavy atom. The fraction of sp³-hybridized carbons (Fsp3) is 0.650. The predicted molar refractivity (Wildman–Crippen MR) is 105 cm³/mol. The van der Waals surface area contributed by atoms with Crippen molar-refractivity contribution in [3.63, 3.8) is 0 Å². The van der Waals surface area contributed by atoms with E-state index >= 15 is 0 Å². The molecule has 0 saturated carbocycles. The van der Waals surface area contributed by atoms with Gasteiger partial charge < -0.3 is 4.90 Å². The molecule has 3 fully saturated rings. The first kappa shape index (κ1) is 18.9. The van der Waals surface area contributed by atoms with Gasteiger partial charge >= 0.3 is 0 Å². The Kier molecular flexibility index (Phi) is 5.53. The van der Waals surface area contributed by atoms with Gasteiger partial charge in [0.15, 0.2) is 9.84 Å². The molecule has 0 aromatic heterocycles. The van der Waals surface area contributed by atoms with Crippen LogP contribution in [0.25, 0.3) is 0 Å². The van der Waals surface area contributed by atoms with E-state index in [9.17, 15) is 13.2 Å². The van der Waals surface area contributed by atoms with Crippen molar-refractivity contribution in [1.82, 2.24) is 14.7 Å². The summed E-state index contributed by atoms with van der Waals surface area (Å²) in [5.74, 6) is 0.829. The molecule has 3 aliphatic rings. The molecule has 7 heteroatoms. The number of amides is 1. The third-order valence-corrected chi connectivity index (χ3v) is 7.96. The van der Waals surface area contributed by atoms with Crippen LogP contribution in [0.15, 0.2) is 30.3 Å². The average Bonchev–Trinajstić information content (AvgIpc) is 3.33.